The number of thioether (sulfide) groups is 1. The first-order chi connectivity index (χ1) is 10.6. The van der Waals surface area contributed by atoms with E-state index in [4.69, 9.17) is 16.3 Å². The van der Waals surface area contributed by atoms with E-state index in [1.165, 1.54) is 11.8 Å². The summed E-state index contributed by atoms with van der Waals surface area (Å²) in [7, 11) is 0. The average molecular weight is 331 g/mol. The predicted molar refractivity (Wildman–Crippen MR) is 87.5 cm³/mol. The number of halogens is 1. The number of hydrogen-bond acceptors (Lipinski definition) is 4. The molecule has 2 aromatic rings. The highest BCUT2D eigenvalue weighted by molar-refractivity contribution is 8.04. The molecule has 0 aliphatic carbocycles. The van der Waals surface area contributed by atoms with Crippen molar-refractivity contribution in [2.24, 2.45) is 0 Å². The van der Waals surface area contributed by atoms with Crippen LogP contribution >= 0.6 is 23.4 Å². The zero-order valence-electron chi connectivity index (χ0n) is 11.4. The van der Waals surface area contributed by atoms with Gasteiger partial charge >= 0.3 is 5.97 Å². The van der Waals surface area contributed by atoms with Crippen molar-refractivity contribution in [1.29, 1.82) is 0 Å². The zero-order chi connectivity index (χ0) is 15.5. The molecule has 110 valence electrons. The highest BCUT2D eigenvalue weighted by atomic mass is 35.5. The molecule has 1 aliphatic rings. The van der Waals surface area contributed by atoms with Crippen molar-refractivity contribution in [3.8, 4) is 0 Å². The van der Waals surface area contributed by atoms with Crippen LogP contribution in [0, 0.1) is 0 Å². The summed E-state index contributed by atoms with van der Waals surface area (Å²) in [4.78, 5) is 23.6. The van der Waals surface area contributed by atoms with Crippen molar-refractivity contribution >= 4 is 40.7 Å². The molecule has 2 aromatic carbocycles. The quantitative estimate of drug-likeness (QED) is 0.475. The molecule has 0 aromatic heterocycles. The number of rotatable bonds is 3. The maximum absolute atomic E-state index is 12.0. The van der Waals surface area contributed by atoms with Crippen molar-refractivity contribution in [2.45, 2.75) is 5.44 Å². The van der Waals surface area contributed by atoms with Crippen LogP contribution in [0.5, 0.6) is 0 Å². The lowest BCUT2D eigenvalue weighted by Gasteiger charge is -2.07. The molecule has 1 fully saturated rings. The summed E-state index contributed by atoms with van der Waals surface area (Å²) in [6, 6.07) is 16.3. The Balaban J connectivity index is 1.79. The van der Waals surface area contributed by atoms with Crippen molar-refractivity contribution < 1.29 is 14.3 Å². The van der Waals surface area contributed by atoms with Gasteiger partial charge in [-0.3, -0.25) is 4.79 Å². The van der Waals surface area contributed by atoms with Crippen LogP contribution in [0.3, 0.4) is 0 Å². The van der Waals surface area contributed by atoms with Crippen LogP contribution in [0.25, 0.3) is 6.08 Å². The van der Waals surface area contributed by atoms with Crippen LogP contribution in [0.1, 0.15) is 26.9 Å². The fourth-order valence-corrected chi connectivity index (χ4v) is 3.18. The van der Waals surface area contributed by atoms with Gasteiger partial charge in [-0.2, -0.15) is 0 Å². The predicted octanol–water partition coefficient (Wildman–Crippen LogP) is 4.40. The van der Waals surface area contributed by atoms with E-state index in [0.29, 0.717) is 10.5 Å². The van der Waals surface area contributed by atoms with Crippen molar-refractivity contribution in [3.05, 3.63) is 76.2 Å². The van der Waals surface area contributed by atoms with E-state index < -0.39 is 10.7 Å². The van der Waals surface area contributed by atoms with E-state index in [1.54, 1.807) is 24.3 Å². The van der Waals surface area contributed by atoms with Crippen molar-refractivity contribution in [2.75, 3.05) is 0 Å². The smallest absolute Gasteiger partial charge is 0.346 e. The van der Waals surface area contributed by atoms with Crippen molar-refractivity contribution in [1.82, 2.24) is 0 Å². The second kappa shape index (κ2) is 6.38. The summed E-state index contributed by atoms with van der Waals surface area (Å²) in [5, 5.41) is -0.507. The lowest BCUT2D eigenvalue weighted by Crippen LogP contribution is -1.99. The first-order valence-corrected chi connectivity index (χ1v) is 7.83. The number of carbonyl (C=O) groups excluding carboxylic acids is 2. The third-order valence-corrected chi connectivity index (χ3v) is 4.50. The van der Waals surface area contributed by atoms with Gasteiger partial charge in [-0.25, -0.2) is 4.79 Å². The van der Waals surface area contributed by atoms with Crippen LogP contribution in [0.2, 0.25) is 0 Å². The molecule has 5 heteroatoms. The topological polar surface area (TPSA) is 43.4 Å². The van der Waals surface area contributed by atoms with Gasteiger partial charge in [0, 0.05) is 11.1 Å². The van der Waals surface area contributed by atoms with Gasteiger partial charge in [0.25, 0.3) is 5.24 Å². The molecular formula is C17H11ClO3S. The molecule has 0 bridgehead atoms. The van der Waals surface area contributed by atoms with Gasteiger partial charge in [-0.15, -0.1) is 0 Å². The molecule has 1 aliphatic heterocycles. The van der Waals surface area contributed by atoms with E-state index in [2.05, 4.69) is 0 Å². The minimum atomic E-state index is -0.507. The van der Waals surface area contributed by atoms with E-state index >= 15 is 0 Å². The zero-order valence-corrected chi connectivity index (χ0v) is 12.9. The molecule has 1 atom stereocenters. The normalized spacial score (nSPS) is 19.2. The Kier molecular flexibility index (Phi) is 4.32. The van der Waals surface area contributed by atoms with E-state index in [-0.39, 0.29) is 5.97 Å². The summed E-state index contributed by atoms with van der Waals surface area (Å²) >= 11 is 6.77. The number of benzene rings is 2. The van der Waals surface area contributed by atoms with Gasteiger partial charge in [-0.1, -0.05) is 54.2 Å². The maximum atomic E-state index is 12.0. The second-order valence-electron chi connectivity index (χ2n) is 4.67. The van der Waals surface area contributed by atoms with Crippen LogP contribution in [0.4, 0.5) is 0 Å². The highest BCUT2D eigenvalue weighted by Crippen LogP contribution is 2.43. The minimum absolute atomic E-state index is 0.337. The fourth-order valence-electron chi connectivity index (χ4n) is 2.04. The molecule has 1 saturated heterocycles. The lowest BCUT2D eigenvalue weighted by molar-refractivity contribution is -0.138. The van der Waals surface area contributed by atoms with Crippen LogP contribution in [-0.4, -0.2) is 11.2 Å². The van der Waals surface area contributed by atoms with Gasteiger partial charge in [-0.05, 0) is 35.4 Å². The summed E-state index contributed by atoms with van der Waals surface area (Å²) in [5.74, 6) is -0.337. The van der Waals surface area contributed by atoms with Gasteiger partial charge in [0.05, 0.1) is 4.91 Å². The Labute approximate surface area is 136 Å². The molecule has 3 rings (SSSR count). The number of ether oxygens (including phenoxy) is 1. The molecule has 0 N–H and O–H groups in total. The van der Waals surface area contributed by atoms with Gasteiger partial charge in [0.2, 0.25) is 0 Å². The van der Waals surface area contributed by atoms with E-state index in [1.807, 2.05) is 36.4 Å². The number of hydrogen-bond donors (Lipinski definition) is 0. The summed E-state index contributed by atoms with van der Waals surface area (Å²) in [6.07, 6.45) is 1.81. The number of esters is 1. The molecule has 0 saturated carbocycles. The Bertz CT molecular complexity index is 738. The van der Waals surface area contributed by atoms with E-state index in [9.17, 15) is 9.59 Å². The molecule has 1 heterocycles. The van der Waals surface area contributed by atoms with Crippen molar-refractivity contribution in [3.63, 3.8) is 0 Å². The largest absolute Gasteiger partial charge is 0.442 e. The Morgan fingerprint density at radius 3 is 2.41 bits per heavy atom. The van der Waals surface area contributed by atoms with E-state index in [0.717, 1.165) is 11.1 Å². The third kappa shape index (κ3) is 3.24. The maximum Gasteiger partial charge on any atom is 0.346 e. The molecule has 1 unspecified atom stereocenters. The van der Waals surface area contributed by atoms with Gasteiger partial charge < -0.3 is 4.74 Å². The standard InChI is InChI=1S/C17H11ClO3S/c18-15(19)12-6-8-13(9-7-12)17-21-16(20)14(22-17)10-11-4-2-1-3-5-11/h1-10,17H/b14-10+. The highest BCUT2D eigenvalue weighted by Gasteiger charge is 2.31. The lowest BCUT2D eigenvalue weighted by atomic mass is 10.1. The van der Waals surface area contributed by atoms with Gasteiger partial charge in [0.1, 0.15) is 0 Å². The monoisotopic (exact) mass is 330 g/mol. The van der Waals surface area contributed by atoms with Gasteiger partial charge in [0.15, 0.2) is 5.44 Å². The SMILES string of the molecule is O=C1OC(c2ccc(C(=O)Cl)cc2)S/C1=C/c1ccccc1. The third-order valence-electron chi connectivity index (χ3n) is 3.16. The van der Waals surface area contributed by atoms with Crippen LogP contribution in [-0.2, 0) is 9.53 Å². The first-order valence-electron chi connectivity index (χ1n) is 6.57. The molecule has 0 amide bonds. The van der Waals surface area contributed by atoms with Crippen LogP contribution < -0.4 is 0 Å². The molecule has 0 radical (unpaired) electrons. The summed E-state index contributed by atoms with van der Waals surface area (Å²) in [6.45, 7) is 0. The second-order valence-corrected chi connectivity index (χ2v) is 6.12. The van der Waals surface area contributed by atoms with Crippen LogP contribution in [0.15, 0.2) is 59.5 Å². The molecule has 0 spiro atoms. The molecule has 22 heavy (non-hydrogen) atoms. The number of carbonyl (C=O) groups is 2. The summed E-state index contributed by atoms with van der Waals surface area (Å²) in [5.41, 5.74) is 1.78. The first kappa shape index (κ1) is 14.9. The Morgan fingerprint density at radius 2 is 1.77 bits per heavy atom. The fraction of sp³-hybridized carbons (Fsp3) is 0.0588. The Morgan fingerprint density at radius 1 is 1.09 bits per heavy atom. The molecular weight excluding hydrogens is 320 g/mol. The Hall–Kier alpha value is -2.04. The number of cyclic esters (lactones) is 1. The summed E-state index contributed by atoms with van der Waals surface area (Å²) < 4.78 is 5.37. The molecule has 3 nitrogen and oxygen atoms in total. The minimum Gasteiger partial charge on any atom is -0.442 e. The average Bonchev–Trinajstić information content (AvgIpc) is 2.89.